The van der Waals surface area contributed by atoms with Gasteiger partial charge in [-0.3, -0.25) is 9.59 Å². The van der Waals surface area contributed by atoms with Gasteiger partial charge in [0.25, 0.3) is 0 Å². The molecule has 0 spiro atoms. The molecule has 16 heteroatoms. The lowest BCUT2D eigenvalue weighted by Crippen LogP contribution is -2.64. The van der Waals surface area contributed by atoms with E-state index < -0.39 is 97.7 Å². The van der Waals surface area contributed by atoms with Gasteiger partial charge in [0.1, 0.15) is 77.9 Å². The lowest BCUT2D eigenvalue weighted by molar-refractivity contribution is -0.354. The third-order valence-corrected chi connectivity index (χ3v) is 8.11. The van der Waals surface area contributed by atoms with Gasteiger partial charge in [0.05, 0.1) is 25.0 Å². The Bertz CT molecular complexity index is 1410. The number of carbonyl (C=O) groups excluding carboxylic acids is 2. The SMILES string of the molecule is CC(O)CC(=O)OC[C@H]1O[C@@H](Oc2cc(O)c3c(c2)O[C@H](c2ccc(O)cc2)CC3=O)[C@H](O[C@@H]2O[C@@H](C)[C@H](O)[C@@H](O)[C@H]2O)[C@@H](O)[C@@H]1O. The average Bonchev–Trinajstić information content (AvgIpc) is 3.01. The number of phenols is 2. The topological polar surface area (TPSA) is 251 Å². The zero-order valence-corrected chi connectivity index (χ0v) is 25.4. The van der Waals surface area contributed by atoms with Crippen LogP contribution in [0.25, 0.3) is 0 Å². The molecular formula is C31H38O16. The summed E-state index contributed by atoms with van der Waals surface area (Å²) < 4.78 is 34.1. The van der Waals surface area contributed by atoms with Gasteiger partial charge in [-0.25, -0.2) is 0 Å². The number of ketones is 1. The number of benzene rings is 2. The summed E-state index contributed by atoms with van der Waals surface area (Å²) >= 11 is 0. The summed E-state index contributed by atoms with van der Waals surface area (Å²) in [6.45, 7) is 2.20. The molecule has 3 heterocycles. The van der Waals surface area contributed by atoms with Crippen LogP contribution in [0.3, 0.4) is 0 Å². The van der Waals surface area contributed by atoms with Crippen molar-refractivity contribution in [3.8, 4) is 23.0 Å². The highest BCUT2D eigenvalue weighted by atomic mass is 16.8. The Balaban J connectivity index is 1.41. The minimum Gasteiger partial charge on any atom is -0.508 e. The quantitative estimate of drug-likeness (QED) is 0.152. The van der Waals surface area contributed by atoms with Crippen molar-refractivity contribution in [1.29, 1.82) is 0 Å². The first-order valence-electron chi connectivity index (χ1n) is 15.0. The first kappa shape index (κ1) is 34.7. The van der Waals surface area contributed by atoms with Crippen LogP contribution in [0.1, 0.15) is 48.7 Å². The van der Waals surface area contributed by atoms with Gasteiger partial charge in [0.2, 0.25) is 6.29 Å². The largest absolute Gasteiger partial charge is 0.508 e. The number of rotatable bonds is 9. The maximum Gasteiger partial charge on any atom is 0.308 e. The Morgan fingerprint density at radius 3 is 2.32 bits per heavy atom. The number of ether oxygens (including phenoxy) is 6. The number of aromatic hydroxyl groups is 2. The average molecular weight is 667 g/mol. The fraction of sp³-hybridized carbons (Fsp3) is 0.548. The van der Waals surface area contributed by atoms with Crippen LogP contribution in [0.2, 0.25) is 0 Å². The molecule has 5 rings (SSSR count). The fourth-order valence-corrected chi connectivity index (χ4v) is 5.53. The normalized spacial score (nSPS) is 34.6. The van der Waals surface area contributed by atoms with Crippen molar-refractivity contribution >= 4 is 11.8 Å². The molecule has 0 amide bonds. The number of phenolic OH excluding ortho intramolecular Hbond substituents is 2. The molecule has 258 valence electrons. The van der Waals surface area contributed by atoms with Crippen LogP contribution in [0, 0.1) is 0 Å². The van der Waals surface area contributed by atoms with E-state index in [0.29, 0.717) is 5.56 Å². The fourth-order valence-electron chi connectivity index (χ4n) is 5.53. The van der Waals surface area contributed by atoms with Gasteiger partial charge < -0.3 is 69.3 Å². The minimum atomic E-state index is -1.84. The number of fused-ring (bicyclic) bond motifs is 1. The van der Waals surface area contributed by atoms with Crippen LogP contribution in [0.15, 0.2) is 36.4 Å². The Morgan fingerprint density at radius 2 is 1.64 bits per heavy atom. The standard InChI is InChI=1S/C31H38O16/c1-12(32)7-22(36)42-11-21-25(38)27(40)29(47-30-28(41)26(39)24(37)13(2)43-30)31(46-21)44-16-8-17(34)23-18(35)10-19(45-20(23)9-16)14-3-5-15(33)6-4-14/h3-6,8-9,12-13,19,21,24-34,37-41H,7,10-11H2,1-2H3/t12?,13-,19-,21+,24-,25+,26+,27-,28+,29+,30-,31+/m0/s1. The number of aliphatic hydroxyl groups excluding tert-OH is 6. The molecule has 0 bridgehead atoms. The highest BCUT2D eigenvalue weighted by molar-refractivity contribution is 6.02. The van der Waals surface area contributed by atoms with Crippen molar-refractivity contribution in [2.45, 2.75) is 100 Å². The van der Waals surface area contributed by atoms with Crippen LogP contribution >= 0.6 is 0 Å². The summed E-state index contributed by atoms with van der Waals surface area (Å²) in [6, 6.07) is 8.39. The lowest BCUT2D eigenvalue weighted by atomic mass is 9.95. The molecular weight excluding hydrogens is 628 g/mol. The van der Waals surface area contributed by atoms with Crippen molar-refractivity contribution in [3.05, 3.63) is 47.5 Å². The second-order valence-electron chi connectivity index (χ2n) is 11.8. The van der Waals surface area contributed by atoms with Crippen molar-refractivity contribution in [1.82, 2.24) is 0 Å². The van der Waals surface area contributed by atoms with Crippen LogP contribution < -0.4 is 9.47 Å². The van der Waals surface area contributed by atoms with Crippen molar-refractivity contribution in [3.63, 3.8) is 0 Å². The summed E-state index contributed by atoms with van der Waals surface area (Å²) in [6.07, 6.45) is -18.1. The summed E-state index contributed by atoms with van der Waals surface area (Å²) in [4.78, 5) is 25.0. The Hall–Kier alpha value is -3.58. The van der Waals surface area contributed by atoms with Crippen molar-refractivity contribution in [2.75, 3.05) is 6.61 Å². The summed E-state index contributed by atoms with van der Waals surface area (Å²) in [5, 5.41) is 82.7. The van der Waals surface area contributed by atoms with E-state index in [2.05, 4.69) is 0 Å². The highest BCUT2D eigenvalue weighted by Crippen LogP contribution is 2.43. The molecule has 2 saturated heterocycles. The second kappa shape index (κ2) is 14.3. The van der Waals surface area contributed by atoms with Gasteiger partial charge in [-0.1, -0.05) is 12.1 Å². The van der Waals surface area contributed by atoms with Gasteiger partial charge in [0, 0.05) is 12.1 Å². The minimum absolute atomic E-state index is 0.0171. The molecule has 2 fully saturated rings. The number of Topliss-reactive ketones (excluding diaryl/α,β-unsaturated/α-hetero) is 1. The van der Waals surface area contributed by atoms with E-state index in [1.165, 1.54) is 32.0 Å². The zero-order valence-electron chi connectivity index (χ0n) is 25.4. The zero-order chi connectivity index (χ0) is 34.2. The van der Waals surface area contributed by atoms with Crippen molar-refractivity contribution < 1.29 is 78.9 Å². The molecule has 3 aliphatic heterocycles. The van der Waals surface area contributed by atoms with E-state index >= 15 is 0 Å². The number of hydrogen-bond acceptors (Lipinski definition) is 16. The van der Waals surface area contributed by atoms with E-state index in [-0.39, 0.29) is 35.7 Å². The van der Waals surface area contributed by atoms with Crippen LogP contribution in [-0.2, 0) is 23.7 Å². The lowest BCUT2D eigenvalue weighted by Gasteiger charge is -2.45. The molecule has 2 aromatic carbocycles. The number of hydrogen-bond donors (Lipinski definition) is 8. The summed E-state index contributed by atoms with van der Waals surface area (Å²) in [5.41, 5.74) is 0.470. The van der Waals surface area contributed by atoms with Gasteiger partial charge in [-0.15, -0.1) is 0 Å². The van der Waals surface area contributed by atoms with E-state index in [1.54, 1.807) is 12.1 Å². The molecule has 8 N–H and O–H groups in total. The maximum atomic E-state index is 13.0. The number of esters is 1. The predicted molar refractivity (Wildman–Crippen MR) is 154 cm³/mol. The Kier molecular flexibility index (Phi) is 10.5. The monoisotopic (exact) mass is 666 g/mol. The van der Waals surface area contributed by atoms with Gasteiger partial charge in [-0.2, -0.15) is 0 Å². The molecule has 0 aromatic heterocycles. The molecule has 0 radical (unpaired) electrons. The van der Waals surface area contributed by atoms with E-state index in [4.69, 9.17) is 28.4 Å². The van der Waals surface area contributed by atoms with Gasteiger partial charge >= 0.3 is 5.97 Å². The van der Waals surface area contributed by atoms with Gasteiger partial charge in [-0.05, 0) is 31.5 Å². The molecule has 3 aliphatic rings. The summed E-state index contributed by atoms with van der Waals surface area (Å²) in [5.74, 6) is -1.93. The summed E-state index contributed by atoms with van der Waals surface area (Å²) in [7, 11) is 0. The second-order valence-corrected chi connectivity index (χ2v) is 11.8. The van der Waals surface area contributed by atoms with Crippen LogP contribution in [0.5, 0.6) is 23.0 Å². The number of carbonyl (C=O) groups is 2. The molecule has 12 atom stereocenters. The van der Waals surface area contributed by atoms with Crippen LogP contribution in [0.4, 0.5) is 0 Å². The maximum absolute atomic E-state index is 13.0. The van der Waals surface area contributed by atoms with Crippen molar-refractivity contribution in [2.24, 2.45) is 0 Å². The Labute approximate surface area is 268 Å². The van der Waals surface area contributed by atoms with Crippen LogP contribution in [-0.4, -0.2) is 127 Å². The smallest absolute Gasteiger partial charge is 0.308 e. The molecule has 47 heavy (non-hydrogen) atoms. The van der Waals surface area contributed by atoms with Gasteiger partial charge in [0.15, 0.2) is 18.2 Å². The predicted octanol–water partition coefficient (Wildman–Crippen LogP) is -0.843. The Morgan fingerprint density at radius 1 is 0.936 bits per heavy atom. The third kappa shape index (κ3) is 7.61. The molecule has 0 saturated carbocycles. The van der Waals surface area contributed by atoms with E-state index in [9.17, 15) is 50.4 Å². The number of aliphatic hydroxyl groups is 6. The third-order valence-electron chi connectivity index (χ3n) is 8.11. The molecule has 2 aromatic rings. The first-order valence-corrected chi connectivity index (χ1v) is 15.0. The first-order chi connectivity index (χ1) is 22.2. The van der Waals surface area contributed by atoms with E-state index in [1.807, 2.05) is 0 Å². The molecule has 1 unspecified atom stereocenters. The highest BCUT2D eigenvalue weighted by Gasteiger charge is 2.51. The molecule has 16 nitrogen and oxygen atoms in total. The molecule has 0 aliphatic carbocycles. The van der Waals surface area contributed by atoms with E-state index in [0.717, 1.165) is 6.07 Å².